The van der Waals surface area contributed by atoms with Gasteiger partial charge in [0.05, 0.1) is 12.0 Å². The molecule has 1 fully saturated rings. The second kappa shape index (κ2) is 6.56. The van der Waals surface area contributed by atoms with Crippen LogP contribution in [-0.2, 0) is 10.0 Å². The number of hydrogen-bond acceptors (Lipinski definition) is 4. The Balaban J connectivity index is 2.09. The van der Waals surface area contributed by atoms with Crippen LogP contribution in [0.25, 0.3) is 0 Å². The monoisotopic (exact) mass is 326 g/mol. The van der Waals surface area contributed by atoms with E-state index in [4.69, 9.17) is 4.74 Å². The molecule has 22 heavy (non-hydrogen) atoms. The van der Waals surface area contributed by atoms with Crippen molar-refractivity contribution in [3.05, 3.63) is 23.8 Å². The summed E-state index contributed by atoms with van der Waals surface area (Å²) in [6, 6.07) is 5.05. The highest BCUT2D eigenvalue weighted by atomic mass is 32.2. The quantitative estimate of drug-likeness (QED) is 0.869. The van der Waals surface area contributed by atoms with E-state index in [9.17, 15) is 8.42 Å². The first-order chi connectivity index (χ1) is 10.3. The van der Waals surface area contributed by atoms with Crippen molar-refractivity contribution in [2.75, 3.05) is 20.2 Å². The lowest BCUT2D eigenvalue weighted by Gasteiger charge is -2.39. The molecule has 1 aromatic rings. The van der Waals surface area contributed by atoms with Gasteiger partial charge in [-0.1, -0.05) is 13.8 Å². The van der Waals surface area contributed by atoms with Crippen LogP contribution in [0.5, 0.6) is 5.75 Å². The molecule has 1 heterocycles. The molecule has 0 aliphatic carbocycles. The van der Waals surface area contributed by atoms with Crippen molar-refractivity contribution >= 4 is 10.0 Å². The van der Waals surface area contributed by atoms with Crippen LogP contribution >= 0.6 is 0 Å². The highest BCUT2D eigenvalue weighted by Gasteiger charge is 2.32. The van der Waals surface area contributed by atoms with Crippen molar-refractivity contribution < 1.29 is 13.2 Å². The summed E-state index contributed by atoms with van der Waals surface area (Å²) in [4.78, 5) is 0.277. The third-order valence-electron chi connectivity index (χ3n) is 4.49. The molecule has 5 nitrogen and oxygen atoms in total. The zero-order chi connectivity index (χ0) is 16.4. The first kappa shape index (κ1) is 17.2. The van der Waals surface area contributed by atoms with Crippen LogP contribution in [0, 0.1) is 12.3 Å². The molecule has 2 N–H and O–H groups in total. The van der Waals surface area contributed by atoms with Crippen LogP contribution < -0.4 is 14.8 Å². The van der Waals surface area contributed by atoms with Gasteiger partial charge in [-0.3, -0.25) is 0 Å². The van der Waals surface area contributed by atoms with Crippen LogP contribution in [0.1, 0.15) is 32.3 Å². The van der Waals surface area contributed by atoms with E-state index >= 15 is 0 Å². The second-order valence-electron chi connectivity index (χ2n) is 6.58. The van der Waals surface area contributed by atoms with Gasteiger partial charge in [-0.05, 0) is 55.5 Å². The van der Waals surface area contributed by atoms with E-state index in [1.165, 1.54) is 0 Å². The van der Waals surface area contributed by atoms with Gasteiger partial charge in [0.1, 0.15) is 5.75 Å². The number of sulfonamides is 1. The molecule has 0 bridgehead atoms. The Kier molecular flexibility index (Phi) is 5.14. The molecule has 2 rings (SSSR count). The van der Waals surface area contributed by atoms with Crippen LogP contribution in [-0.4, -0.2) is 34.7 Å². The molecule has 0 amide bonds. The number of methoxy groups -OCH3 is 1. The fraction of sp³-hybridized carbons (Fsp3) is 0.625. The van der Waals surface area contributed by atoms with Crippen molar-refractivity contribution in [1.82, 2.24) is 10.0 Å². The van der Waals surface area contributed by atoms with Crippen molar-refractivity contribution in [2.45, 2.75) is 44.6 Å². The number of ether oxygens (including phenoxy) is 1. The van der Waals surface area contributed by atoms with Crippen molar-refractivity contribution in [2.24, 2.45) is 5.41 Å². The zero-order valence-corrected chi connectivity index (χ0v) is 14.6. The Morgan fingerprint density at radius 3 is 2.73 bits per heavy atom. The number of piperidine rings is 1. The smallest absolute Gasteiger partial charge is 0.240 e. The molecular weight excluding hydrogens is 300 g/mol. The predicted octanol–water partition coefficient (Wildman–Crippen LogP) is 2.06. The van der Waals surface area contributed by atoms with Crippen LogP contribution in [0.3, 0.4) is 0 Å². The maximum atomic E-state index is 12.5. The van der Waals surface area contributed by atoms with Gasteiger partial charge in [0.15, 0.2) is 0 Å². The van der Waals surface area contributed by atoms with Gasteiger partial charge >= 0.3 is 0 Å². The Morgan fingerprint density at radius 1 is 1.41 bits per heavy atom. The standard InChI is InChI=1S/C16H26N2O3S/c1-12-10-13(6-7-14(12)21-4)22(19,20)18-11-15-16(2,3)8-5-9-17-15/h6-7,10,15,17-18H,5,8-9,11H2,1-4H3. The first-order valence-corrected chi connectivity index (χ1v) is 9.12. The van der Waals surface area contributed by atoms with Gasteiger partial charge in [-0.15, -0.1) is 0 Å². The van der Waals surface area contributed by atoms with E-state index in [-0.39, 0.29) is 16.4 Å². The van der Waals surface area contributed by atoms with Crippen LogP contribution in [0.15, 0.2) is 23.1 Å². The number of rotatable bonds is 5. The highest BCUT2D eigenvalue weighted by molar-refractivity contribution is 7.89. The molecule has 0 radical (unpaired) electrons. The van der Waals surface area contributed by atoms with Crippen molar-refractivity contribution in [3.63, 3.8) is 0 Å². The summed E-state index contributed by atoms with van der Waals surface area (Å²) in [7, 11) is -1.93. The molecule has 0 saturated carbocycles. The molecule has 0 spiro atoms. The maximum Gasteiger partial charge on any atom is 0.240 e. The normalized spacial score (nSPS) is 21.5. The van der Waals surface area contributed by atoms with Crippen LogP contribution in [0.4, 0.5) is 0 Å². The SMILES string of the molecule is COc1ccc(S(=O)(=O)NCC2NCCCC2(C)C)cc1C. The van der Waals surface area contributed by atoms with E-state index in [1.54, 1.807) is 25.3 Å². The van der Waals surface area contributed by atoms with Gasteiger partial charge in [0.2, 0.25) is 10.0 Å². The molecule has 1 unspecified atom stereocenters. The molecule has 1 aliphatic rings. The molecule has 1 saturated heterocycles. The molecule has 1 atom stereocenters. The molecular formula is C16H26N2O3S. The minimum atomic E-state index is -3.50. The summed E-state index contributed by atoms with van der Waals surface area (Å²) in [5.74, 6) is 0.689. The summed E-state index contributed by atoms with van der Waals surface area (Å²) in [6.07, 6.45) is 2.24. The van der Waals surface area contributed by atoms with Crippen molar-refractivity contribution in [1.29, 1.82) is 0 Å². The summed E-state index contributed by atoms with van der Waals surface area (Å²) in [5.41, 5.74) is 0.901. The molecule has 0 aromatic heterocycles. The summed E-state index contributed by atoms with van der Waals surface area (Å²) in [6.45, 7) is 7.53. The lowest BCUT2D eigenvalue weighted by atomic mass is 9.78. The Hall–Kier alpha value is -1.11. The third-order valence-corrected chi connectivity index (χ3v) is 5.91. The van der Waals surface area contributed by atoms with E-state index in [2.05, 4.69) is 23.9 Å². The molecule has 124 valence electrons. The molecule has 1 aromatic carbocycles. The number of nitrogens with one attached hydrogen (secondary N) is 2. The van der Waals surface area contributed by atoms with Gasteiger partial charge in [0, 0.05) is 12.6 Å². The Labute approximate surface area is 133 Å². The topological polar surface area (TPSA) is 67.4 Å². The molecule has 1 aliphatic heterocycles. The average molecular weight is 326 g/mol. The van der Waals surface area contributed by atoms with E-state index < -0.39 is 10.0 Å². The zero-order valence-electron chi connectivity index (χ0n) is 13.8. The number of aryl methyl sites for hydroxylation is 1. The second-order valence-corrected chi connectivity index (χ2v) is 8.35. The summed E-state index contributed by atoms with van der Waals surface area (Å²) < 4.78 is 32.8. The number of hydrogen-bond donors (Lipinski definition) is 2. The van der Waals surface area contributed by atoms with E-state index in [0.717, 1.165) is 24.9 Å². The minimum absolute atomic E-state index is 0.0938. The van der Waals surface area contributed by atoms with Crippen LogP contribution in [0.2, 0.25) is 0 Å². The van der Waals surface area contributed by atoms with Gasteiger partial charge in [0.25, 0.3) is 0 Å². The molecule has 6 heteroatoms. The average Bonchev–Trinajstić information content (AvgIpc) is 2.45. The van der Waals surface area contributed by atoms with Crippen molar-refractivity contribution in [3.8, 4) is 5.75 Å². The summed E-state index contributed by atoms with van der Waals surface area (Å²) in [5, 5.41) is 3.42. The van der Waals surface area contributed by atoms with Gasteiger partial charge < -0.3 is 10.1 Å². The predicted molar refractivity (Wildman–Crippen MR) is 87.7 cm³/mol. The minimum Gasteiger partial charge on any atom is -0.496 e. The van der Waals surface area contributed by atoms with Gasteiger partial charge in [-0.25, -0.2) is 13.1 Å². The lowest BCUT2D eigenvalue weighted by Crippen LogP contribution is -2.52. The first-order valence-electron chi connectivity index (χ1n) is 7.64. The van der Waals surface area contributed by atoms with E-state index in [1.807, 2.05) is 6.92 Å². The summed E-state index contributed by atoms with van der Waals surface area (Å²) >= 11 is 0. The fourth-order valence-corrected chi connectivity index (χ4v) is 4.05. The maximum absolute atomic E-state index is 12.5. The highest BCUT2D eigenvalue weighted by Crippen LogP contribution is 2.30. The third kappa shape index (κ3) is 3.80. The fourth-order valence-electron chi connectivity index (χ4n) is 2.91. The van der Waals surface area contributed by atoms with E-state index in [0.29, 0.717) is 12.3 Å². The van der Waals surface area contributed by atoms with Gasteiger partial charge in [-0.2, -0.15) is 0 Å². The lowest BCUT2D eigenvalue weighted by molar-refractivity contribution is 0.181. The number of benzene rings is 1. The Bertz CT molecular complexity index is 626. The largest absolute Gasteiger partial charge is 0.496 e. The Morgan fingerprint density at radius 2 is 2.14 bits per heavy atom.